The van der Waals surface area contributed by atoms with Crippen molar-refractivity contribution in [3.8, 4) is 0 Å². The molecule has 3 rings (SSSR count). The molecular formula is C20H17BrO4S. The summed E-state index contributed by atoms with van der Waals surface area (Å²) >= 11 is 3.32. The van der Waals surface area contributed by atoms with E-state index in [9.17, 15) is 13.2 Å². The Bertz CT molecular complexity index is 989. The average Bonchev–Trinajstić information content (AvgIpc) is 3.14. The van der Waals surface area contributed by atoms with Crippen molar-refractivity contribution >= 4 is 31.6 Å². The highest BCUT2D eigenvalue weighted by Crippen LogP contribution is 2.33. The molecule has 3 aromatic rings. The van der Waals surface area contributed by atoms with Gasteiger partial charge in [-0.3, -0.25) is 4.79 Å². The third kappa shape index (κ3) is 3.97. The molecule has 4 nitrogen and oxygen atoms in total. The van der Waals surface area contributed by atoms with Crippen LogP contribution in [0.2, 0.25) is 0 Å². The van der Waals surface area contributed by atoms with Crippen LogP contribution in [0.4, 0.5) is 0 Å². The number of carbonyl (C=O) groups excluding carboxylic acids is 1. The molecule has 0 radical (unpaired) electrons. The van der Waals surface area contributed by atoms with E-state index < -0.39 is 15.1 Å². The van der Waals surface area contributed by atoms with Crippen molar-refractivity contribution in [3.63, 3.8) is 0 Å². The minimum absolute atomic E-state index is 0.174. The normalized spacial score (nSPS) is 12.7. The number of furan rings is 1. The summed E-state index contributed by atoms with van der Waals surface area (Å²) in [5.41, 5.74) is 1.42. The summed E-state index contributed by atoms with van der Waals surface area (Å²) in [7, 11) is -3.78. The zero-order chi connectivity index (χ0) is 18.7. The summed E-state index contributed by atoms with van der Waals surface area (Å²) in [5, 5.41) is -1.07. The molecule has 0 saturated carbocycles. The molecule has 0 fully saturated rings. The van der Waals surface area contributed by atoms with E-state index in [0.717, 1.165) is 10.0 Å². The zero-order valence-corrected chi connectivity index (χ0v) is 16.5. The van der Waals surface area contributed by atoms with Crippen molar-refractivity contribution in [2.75, 3.05) is 0 Å². The first-order chi connectivity index (χ1) is 12.4. The van der Waals surface area contributed by atoms with Gasteiger partial charge in [-0.2, -0.15) is 0 Å². The van der Waals surface area contributed by atoms with Gasteiger partial charge >= 0.3 is 0 Å². The number of Topliss-reactive ketones (excluding diaryl/α,β-unsaturated/α-hetero) is 1. The lowest BCUT2D eigenvalue weighted by Crippen LogP contribution is -2.17. The molecule has 0 unspecified atom stereocenters. The number of carbonyl (C=O) groups is 1. The Balaban J connectivity index is 1.97. The zero-order valence-electron chi connectivity index (χ0n) is 14.1. The Morgan fingerprint density at radius 1 is 1.04 bits per heavy atom. The highest BCUT2D eigenvalue weighted by atomic mass is 79.9. The maximum Gasteiger partial charge on any atom is 0.188 e. The third-order valence-corrected chi connectivity index (χ3v) is 6.73. The van der Waals surface area contributed by atoms with Gasteiger partial charge in [0.05, 0.1) is 11.2 Å². The first-order valence-corrected chi connectivity index (χ1v) is 10.3. The summed E-state index contributed by atoms with van der Waals surface area (Å²) in [6, 6.07) is 16.7. The second-order valence-electron chi connectivity index (χ2n) is 6.00. The summed E-state index contributed by atoms with van der Waals surface area (Å²) < 4.78 is 32.5. The lowest BCUT2D eigenvalue weighted by atomic mass is 10.1. The number of aryl methyl sites for hydroxylation is 1. The SMILES string of the molecule is Cc1ccc(S(=O)(=O)[C@H](CC(=O)c2ccc(Br)cc2)c2ccco2)cc1. The molecule has 0 aliphatic rings. The molecule has 2 aromatic carbocycles. The Labute approximate surface area is 160 Å². The fourth-order valence-electron chi connectivity index (χ4n) is 2.65. The Hall–Kier alpha value is -2.18. The van der Waals surface area contributed by atoms with Crippen LogP contribution in [0, 0.1) is 6.92 Å². The van der Waals surface area contributed by atoms with E-state index in [2.05, 4.69) is 15.9 Å². The number of hydrogen-bond donors (Lipinski definition) is 0. The van der Waals surface area contributed by atoms with Crippen LogP contribution in [-0.4, -0.2) is 14.2 Å². The molecule has 0 saturated heterocycles. The lowest BCUT2D eigenvalue weighted by Gasteiger charge is -2.15. The first-order valence-electron chi connectivity index (χ1n) is 8.00. The molecule has 0 spiro atoms. The average molecular weight is 433 g/mol. The maximum atomic E-state index is 13.1. The van der Waals surface area contributed by atoms with Crippen LogP contribution in [0.15, 0.2) is 80.7 Å². The largest absolute Gasteiger partial charge is 0.468 e. The third-order valence-electron chi connectivity index (χ3n) is 4.12. The fourth-order valence-corrected chi connectivity index (χ4v) is 4.57. The molecule has 0 N–H and O–H groups in total. The quantitative estimate of drug-likeness (QED) is 0.505. The van der Waals surface area contributed by atoms with Crippen LogP contribution in [0.25, 0.3) is 0 Å². The molecule has 6 heteroatoms. The second kappa shape index (κ2) is 7.60. The van der Waals surface area contributed by atoms with Crippen LogP contribution < -0.4 is 0 Å². The minimum atomic E-state index is -3.78. The fraction of sp³-hybridized carbons (Fsp3) is 0.150. The van der Waals surface area contributed by atoms with E-state index >= 15 is 0 Å². The van der Waals surface area contributed by atoms with E-state index in [1.165, 1.54) is 6.26 Å². The van der Waals surface area contributed by atoms with Gasteiger partial charge in [0.1, 0.15) is 11.0 Å². The number of halogens is 1. The van der Waals surface area contributed by atoms with Crippen molar-refractivity contribution < 1.29 is 17.6 Å². The molecule has 1 heterocycles. The molecule has 1 aromatic heterocycles. The summed E-state index contributed by atoms with van der Waals surface area (Å²) in [6.45, 7) is 1.89. The molecule has 0 aliphatic heterocycles. The topological polar surface area (TPSA) is 64.3 Å². The summed E-state index contributed by atoms with van der Waals surface area (Å²) in [5.74, 6) is 0.00521. The number of sulfone groups is 1. The van der Waals surface area contributed by atoms with E-state index in [1.807, 2.05) is 6.92 Å². The molecule has 0 bridgehead atoms. The molecule has 134 valence electrons. The smallest absolute Gasteiger partial charge is 0.188 e. The van der Waals surface area contributed by atoms with E-state index in [1.54, 1.807) is 60.7 Å². The van der Waals surface area contributed by atoms with Crippen molar-refractivity contribution in [1.82, 2.24) is 0 Å². The van der Waals surface area contributed by atoms with E-state index in [0.29, 0.717) is 5.56 Å². The van der Waals surface area contributed by atoms with Gasteiger partial charge in [0.15, 0.2) is 15.6 Å². The predicted molar refractivity (Wildman–Crippen MR) is 103 cm³/mol. The van der Waals surface area contributed by atoms with Crippen molar-refractivity contribution in [1.29, 1.82) is 0 Å². The van der Waals surface area contributed by atoms with Gasteiger partial charge in [-0.15, -0.1) is 0 Å². The van der Waals surface area contributed by atoms with Crippen LogP contribution in [-0.2, 0) is 9.84 Å². The van der Waals surface area contributed by atoms with E-state index in [-0.39, 0.29) is 22.9 Å². The van der Waals surface area contributed by atoms with Gasteiger partial charge in [0.2, 0.25) is 0 Å². The summed E-state index contributed by atoms with van der Waals surface area (Å²) in [4.78, 5) is 12.8. The number of rotatable bonds is 6. The monoisotopic (exact) mass is 432 g/mol. The van der Waals surface area contributed by atoms with Crippen molar-refractivity contribution in [2.24, 2.45) is 0 Å². The highest BCUT2D eigenvalue weighted by molar-refractivity contribution is 9.10. The van der Waals surface area contributed by atoms with Crippen LogP contribution >= 0.6 is 15.9 Å². The lowest BCUT2D eigenvalue weighted by molar-refractivity contribution is 0.0978. The molecule has 1 atom stereocenters. The van der Waals surface area contributed by atoms with Crippen LogP contribution in [0.3, 0.4) is 0 Å². The second-order valence-corrected chi connectivity index (χ2v) is 9.04. The number of ketones is 1. The molecule has 26 heavy (non-hydrogen) atoms. The predicted octanol–water partition coefficient (Wildman–Crippen LogP) is 5.14. The van der Waals surface area contributed by atoms with Gasteiger partial charge in [0.25, 0.3) is 0 Å². The van der Waals surface area contributed by atoms with Crippen LogP contribution in [0.5, 0.6) is 0 Å². The van der Waals surface area contributed by atoms with Gasteiger partial charge in [-0.25, -0.2) is 8.42 Å². The van der Waals surface area contributed by atoms with E-state index in [4.69, 9.17) is 4.42 Å². The molecule has 0 aliphatic carbocycles. The van der Waals surface area contributed by atoms with Crippen molar-refractivity contribution in [2.45, 2.75) is 23.5 Å². The van der Waals surface area contributed by atoms with Gasteiger partial charge < -0.3 is 4.42 Å². The Morgan fingerprint density at radius 3 is 2.27 bits per heavy atom. The molecule has 0 amide bonds. The van der Waals surface area contributed by atoms with Crippen molar-refractivity contribution in [3.05, 3.63) is 88.3 Å². The van der Waals surface area contributed by atoms with Crippen LogP contribution in [0.1, 0.15) is 33.4 Å². The maximum absolute atomic E-state index is 13.1. The minimum Gasteiger partial charge on any atom is -0.468 e. The number of hydrogen-bond acceptors (Lipinski definition) is 4. The first kappa shape index (κ1) is 18.6. The van der Waals surface area contributed by atoms with Gasteiger partial charge in [-0.05, 0) is 43.3 Å². The highest BCUT2D eigenvalue weighted by Gasteiger charge is 2.33. The summed E-state index contributed by atoms with van der Waals surface area (Å²) in [6.07, 6.45) is 1.22. The Morgan fingerprint density at radius 2 is 1.69 bits per heavy atom. The standard InChI is InChI=1S/C20H17BrO4S/c1-14-4-10-17(11-5-14)26(23,24)20(19-3-2-12-25-19)13-18(22)15-6-8-16(21)9-7-15/h2-12,20H,13H2,1H3/t20-/m1/s1. The Kier molecular flexibility index (Phi) is 5.44. The van der Waals surface area contributed by atoms with Gasteiger partial charge in [0, 0.05) is 16.5 Å². The number of benzene rings is 2. The van der Waals surface area contributed by atoms with Gasteiger partial charge in [-0.1, -0.05) is 45.8 Å². The molecular weight excluding hydrogens is 416 g/mol.